The van der Waals surface area contributed by atoms with Crippen molar-refractivity contribution in [2.75, 3.05) is 20.3 Å². The molecule has 1 aromatic carbocycles. The Bertz CT molecular complexity index is 559. The van der Waals surface area contributed by atoms with Crippen LogP contribution >= 0.6 is 0 Å². The van der Waals surface area contributed by atoms with Crippen molar-refractivity contribution in [3.63, 3.8) is 0 Å². The standard InChI is InChI=1S/C15H20N2O4/c1-9-5-10(14(16)18)3-4-11(9)6-17(2)13-8-21-7-12(13)15(19)20/h3-5,12-13H,6-8H2,1-2H3,(H2,16,18)(H,19,20). The molecular formula is C15H20N2O4. The van der Waals surface area contributed by atoms with Gasteiger partial charge in [0.1, 0.15) is 0 Å². The first-order chi connectivity index (χ1) is 9.90. The first kappa shape index (κ1) is 15.5. The molecule has 1 fully saturated rings. The number of benzene rings is 1. The highest BCUT2D eigenvalue weighted by Gasteiger charge is 2.36. The number of aliphatic carboxylic acids is 1. The van der Waals surface area contributed by atoms with Crippen molar-refractivity contribution >= 4 is 11.9 Å². The molecule has 6 heteroatoms. The smallest absolute Gasteiger partial charge is 0.310 e. The Balaban J connectivity index is 2.10. The average Bonchev–Trinajstić information content (AvgIpc) is 2.90. The van der Waals surface area contributed by atoms with Gasteiger partial charge in [-0.05, 0) is 37.2 Å². The Morgan fingerprint density at radius 2 is 2.14 bits per heavy atom. The quantitative estimate of drug-likeness (QED) is 0.830. The number of ether oxygens (including phenoxy) is 1. The molecule has 0 aliphatic carbocycles. The highest BCUT2D eigenvalue weighted by atomic mass is 16.5. The van der Waals surface area contributed by atoms with Crippen molar-refractivity contribution in [3.05, 3.63) is 34.9 Å². The molecule has 3 N–H and O–H groups in total. The zero-order valence-electron chi connectivity index (χ0n) is 12.2. The molecule has 0 bridgehead atoms. The summed E-state index contributed by atoms with van der Waals surface area (Å²) in [7, 11) is 1.89. The lowest BCUT2D eigenvalue weighted by Gasteiger charge is -2.26. The summed E-state index contributed by atoms with van der Waals surface area (Å²) >= 11 is 0. The second kappa shape index (κ2) is 6.24. The van der Waals surface area contributed by atoms with Gasteiger partial charge in [0, 0.05) is 18.2 Å². The van der Waals surface area contributed by atoms with Crippen molar-refractivity contribution in [1.29, 1.82) is 0 Å². The number of carboxylic acid groups (broad SMARTS) is 1. The van der Waals surface area contributed by atoms with E-state index in [2.05, 4.69) is 0 Å². The van der Waals surface area contributed by atoms with Crippen LogP contribution in [0.5, 0.6) is 0 Å². The fourth-order valence-corrected chi connectivity index (χ4v) is 2.63. The topological polar surface area (TPSA) is 92.9 Å². The molecule has 2 atom stereocenters. The summed E-state index contributed by atoms with van der Waals surface area (Å²) < 4.78 is 5.29. The summed E-state index contributed by atoms with van der Waals surface area (Å²) in [5.41, 5.74) is 7.73. The predicted molar refractivity (Wildman–Crippen MR) is 76.9 cm³/mol. The monoisotopic (exact) mass is 292 g/mol. The molecule has 0 saturated carbocycles. The largest absolute Gasteiger partial charge is 0.481 e. The molecule has 114 valence electrons. The number of nitrogens with zero attached hydrogens (tertiary/aromatic N) is 1. The molecule has 1 amide bonds. The maximum Gasteiger partial charge on any atom is 0.310 e. The van der Waals surface area contributed by atoms with Crippen molar-refractivity contribution in [1.82, 2.24) is 4.90 Å². The molecule has 1 saturated heterocycles. The number of likely N-dealkylation sites (N-methyl/N-ethyl adjacent to an activating group) is 1. The Morgan fingerprint density at radius 3 is 2.71 bits per heavy atom. The molecule has 2 unspecified atom stereocenters. The fraction of sp³-hybridized carbons (Fsp3) is 0.467. The zero-order valence-corrected chi connectivity index (χ0v) is 12.2. The molecule has 6 nitrogen and oxygen atoms in total. The Morgan fingerprint density at radius 1 is 1.43 bits per heavy atom. The molecule has 1 heterocycles. The van der Waals surface area contributed by atoms with E-state index < -0.39 is 17.8 Å². The van der Waals surface area contributed by atoms with Gasteiger partial charge in [-0.25, -0.2) is 0 Å². The first-order valence-corrected chi connectivity index (χ1v) is 6.80. The third-order valence-electron chi connectivity index (χ3n) is 3.98. The number of aryl methyl sites for hydroxylation is 1. The van der Waals surface area contributed by atoms with Gasteiger partial charge in [0.25, 0.3) is 0 Å². The minimum absolute atomic E-state index is 0.141. The van der Waals surface area contributed by atoms with Gasteiger partial charge in [-0.3, -0.25) is 14.5 Å². The normalized spacial score (nSPS) is 21.7. The van der Waals surface area contributed by atoms with Crippen LogP contribution in [0, 0.1) is 12.8 Å². The van der Waals surface area contributed by atoms with Gasteiger partial charge in [-0.1, -0.05) is 6.07 Å². The minimum atomic E-state index is -0.829. The number of carboxylic acids is 1. The van der Waals surface area contributed by atoms with Crippen LogP contribution in [0.2, 0.25) is 0 Å². The number of amides is 1. The molecular weight excluding hydrogens is 272 g/mol. The van der Waals surface area contributed by atoms with E-state index in [9.17, 15) is 14.7 Å². The Kier molecular flexibility index (Phi) is 4.59. The number of primary amides is 1. The summed E-state index contributed by atoms with van der Waals surface area (Å²) in [6, 6.07) is 5.17. The minimum Gasteiger partial charge on any atom is -0.481 e. The zero-order chi connectivity index (χ0) is 15.6. The van der Waals surface area contributed by atoms with Gasteiger partial charge < -0.3 is 15.6 Å². The second-order valence-electron chi connectivity index (χ2n) is 5.47. The van der Waals surface area contributed by atoms with E-state index >= 15 is 0 Å². The van der Waals surface area contributed by atoms with Crippen LogP contribution in [0.25, 0.3) is 0 Å². The lowest BCUT2D eigenvalue weighted by atomic mass is 10.0. The molecule has 0 aromatic heterocycles. The number of nitrogens with two attached hydrogens (primary N) is 1. The molecule has 1 aliphatic rings. The summed E-state index contributed by atoms with van der Waals surface area (Å²) in [6.07, 6.45) is 0. The van der Waals surface area contributed by atoms with Gasteiger partial charge in [-0.2, -0.15) is 0 Å². The third-order valence-corrected chi connectivity index (χ3v) is 3.98. The molecule has 1 aromatic rings. The van der Waals surface area contributed by atoms with Crippen LogP contribution < -0.4 is 5.73 Å². The van der Waals surface area contributed by atoms with Gasteiger partial charge in [0.2, 0.25) is 5.91 Å². The van der Waals surface area contributed by atoms with Crippen molar-refractivity contribution in [2.24, 2.45) is 11.7 Å². The molecule has 21 heavy (non-hydrogen) atoms. The number of hydrogen-bond donors (Lipinski definition) is 2. The van der Waals surface area contributed by atoms with E-state index in [1.54, 1.807) is 12.1 Å². The summed E-state index contributed by atoms with van der Waals surface area (Å²) in [5, 5.41) is 9.19. The number of rotatable bonds is 5. The van der Waals surface area contributed by atoms with E-state index in [0.29, 0.717) is 18.7 Å². The van der Waals surface area contributed by atoms with Gasteiger partial charge >= 0.3 is 5.97 Å². The van der Waals surface area contributed by atoms with Crippen LogP contribution in [0.1, 0.15) is 21.5 Å². The molecule has 1 aliphatic heterocycles. The Labute approximate surface area is 123 Å². The van der Waals surface area contributed by atoms with E-state index in [1.807, 2.05) is 24.9 Å². The third kappa shape index (κ3) is 3.40. The summed E-state index contributed by atoms with van der Waals surface area (Å²) in [4.78, 5) is 24.3. The number of hydrogen-bond acceptors (Lipinski definition) is 4. The number of carbonyl (C=O) groups is 2. The predicted octanol–water partition coefficient (Wildman–Crippen LogP) is 0.625. The highest BCUT2D eigenvalue weighted by molar-refractivity contribution is 5.93. The highest BCUT2D eigenvalue weighted by Crippen LogP contribution is 2.22. The van der Waals surface area contributed by atoms with Crippen molar-refractivity contribution in [3.8, 4) is 0 Å². The summed E-state index contributed by atoms with van der Waals surface area (Å²) in [5.74, 6) is -1.78. The summed E-state index contributed by atoms with van der Waals surface area (Å²) in [6.45, 7) is 3.19. The van der Waals surface area contributed by atoms with Crippen molar-refractivity contribution < 1.29 is 19.4 Å². The van der Waals surface area contributed by atoms with Crippen LogP contribution in [0.4, 0.5) is 0 Å². The fourth-order valence-electron chi connectivity index (χ4n) is 2.63. The maximum atomic E-state index is 11.2. The van der Waals surface area contributed by atoms with Crippen molar-refractivity contribution in [2.45, 2.75) is 19.5 Å². The van der Waals surface area contributed by atoms with Crippen LogP contribution in [-0.2, 0) is 16.1 Å². The van der Waals surface area contributed by atoms with Gasteiger partial charge in [-0.15, -0.1) is 0 Å². The molecule has 0 spiro atoms. The van der Waals surface area contributed by atoms with E-state index in [-0.39, 0.29) is 12.6 Å². The lowest BCUT2D eigenvalue weighted by Crippen LogP contribution is -2.40. The van der Waals surface area contributed by atoms with E-state index in [0.717, 1.165) is 11.1 Å². The molecule has 2 rings (SSSR count). The molecule has 0 radical (unpaired) electrons. The Hall–Kier alpha value is -1.92. The van der Waals surface area contributed by atoms with Crippen LogP contribution in [0.3, 0.4) is 0 Å². The van der Waals surface area contributed by atoms with Crippen LogP contribution in [0.15, 0.2) is 18.2 Å². The van der Waals surface area contributed by atoms with E-state index in [4.69, 9.17) is 10.5 Å². The lowest BCUT2D eigenvalue weighted by molar-refractivity contribution is -0.143. The SMILES string of the molecule is Cc1cc(C(N)=O)ccc1CN(C)C1COCC1C(=O)O. The van der Waals surface area contributed by atoms with Crippen LogP contribution in [-0.4, -0.2) is 48.2 Å². The number of carbonyl (C=O) groups excluding carboxylic acids is 1. The maximum absolute atomic E-state index is 11.2. The second-order valence-corrected chi connectivity index (χ2v) is 5.47. The average molecular weight is 292 g/mol. The van der Waals surface area contributed by atoms with E-state index in [1.165, 1.54) is 0 Å². The van der Waals surface area contributed by atoms with Gasteiger partial charge in [0.15, 0.2) is 0 Å². The van der Waals surface area contributed by atoms with Gasteiger partial charge in [0.05, 0.1) is 19.1 Å². The first-order valence-electron chi connectivity index (χ1n) is 6.80.